The third-order valence-electron chi connectivity index (χ3n) is 4.49. The maximum atomic E-state index is 12.7. The summed E-state index contributed by atoms with van der Waals surface area (Å²) < 4.78 is 11.1. The molecule has 136 valence electrons. The first-order valence-electron chi connectivity index (χ1n) is 8.65. The molecule has 2 aliphatic heterocycles. The van der Waals surface area contributed by atoms with Crippen LogP contribution in [0, 0.1) is 0 Å². The molecule has 0 bridgehead atoms. The smallest absolute Gasteiger partial charge is 0.272 e. The zero-order valence-electron chi connectivity index (χ0n) is 14.6. The van der Waals surface area contributed by atoms with Gasteiger partial charge in [0, 0.05) is 44.0 Å². The number of nitrogens with zero attached hydrogens (tertiary/aromatic N) is 4. The molecule has 0 radical (unpaired) electrons. The minimum absolute atomic E-state index is 0.0641. The molecule has 1 N–H and O–H groups in total. The molecular weight excluding hydrogens is 334 g/mol. The number of amides is 1. The maximum absolute atomic E-state index is 12.7. The van der Waals surface area contributed by atoms with Gasteiger partial charge in [0.25, 0.3) is 5.91 Å². The van der Waals surface area contributed by atoms with Crippen LogP contribution in [-0.4, -0.2) is 72.1 Å². The van der Waals surface area contributed by atoms with Gasteiger partial charge in [0.2, 0.25) is 0 Å². The standard InChI is InChI=1S/C18H21N5O3/c1-22-4-6-23(7-5-22)18(24)14-11-17(20-12-19-14)21-13-2-3-15-16(10-13)26-9-8-25-15/h2-3,10-12H,4-9H2,1H3,(H,19,20,21). The number of nitrogens with one attached hydrogen (secondary N) is 1. The van der Waals surface area contributed by atoms with Gasteiger partial charge in [-0.3, -0.25) is 4.79 Å². The maximum Gasteiger partial charge on any atom is 0.272 e. The van der Waals surface area contributed by atoms with Gasteiger partial charge in [0.1, 0.15) is 31.1 Å². The molecule has 1 aromatic carbocycles. The molecule has 1 aromatic heterocycles. The number of fused-ring (bicyclic) bond motifs is 1. The van der Waals surface area contributed by atoms with Crippen LogP contribution in [-0.2, 0) is 0 Å². The number of benzene rings is 1. The predicted octanol–water partition coefficient (Wildman–Crippen LogP) is 1.38. The second kappa shape index (κ2) is 7.17. The van der Waals surface area contributed by atoms with E-state index in [4.69, 9.17) is 9.47 Å². The summed E-state index contributed by atoms with van der Waals surface area (Å²) in [5.74, 6) is 1.93. The van der Waals surface area contributed by atoms with Crippen molar-refractivity contribution in [2.45, 2.75) is 0 Å². The number of carbonyl (C=O) groups is 1. The monoisotopic (exact) mass is 355 g/mol. The van der Waals surface area contributed by atoms with Crippen LogP contribution < -0.4 is 14.8 Å². The van der Waals surface area contributed by atoms with Crippen LogP contribution in [0.2, 0.25) is 0 Å². The summed E-state index contributed by atoms with van der Waals surface area (Å²) in [5, 5.41) is 3.19. The molecule has 4 rings (SSSR count). The second-order valence-corrected chi connectivity index (χ2v) is 6.37. The number of likely N-dealkylation sites (N-methyl/N-ethyl adjacent to an activating group) is 1. The number of carbonyl (C=O) groups excluding carboxylic acids is 1. The Morgan fingerprint density at radius 3 is 2.62 bits per heavy atom. The van der Waals surface area contributed by atoms with Gasteiger partial charge >= 0.3 is 0 Å². The normalized spacial score (nSPS) is 17.0. The highest BCUT2D eigenvalue weighted by molar-refractivity contribution is 5.93. The fraction of sp³-hybridized carbons (Fsp3) is 0.389. The lowest BCUT2D eigenvalue weighted by atomic mass is 10.2. The van der Waals surface area contributed by atoms with Gasteiger partial charge in [0.15, 0.2) is 11.5 Å². The highest BCUT2D eigenvalue weighted by atomic mass is 16.6. The average Bonchev–Trinajstić information content (AvgIpc) is 2.68. The Hall–Kier alpha value is -2.87. The first kappa shape index (κ1) is 16.6. The first-order valence-corrected chi connectivity index (χ1v) is 8.65. The van der Waals surface area contributed by atoms with Crippen molar-refractivity contribution in [3.8, 4) is 11.5 Å². The molecule has 1 saturated heterocycles. The zero-order chi connectivity index (χ0) is 17.9. The Balaban J connectivity index is 1.48. The Labute approximate surface area is 151 Å². The lowest BCUT2D eigenvalue weighted by Crippen LogP contribution is -2.47. The summed E-state index contributed by atoms with van der Waals surface area (Å²) in [6, 6.07) is 7.28. The summed E-state index contributed by atoms with van der Waals surface area (Å²) in [5.41, 5.74) is 1.20. The molecule has 1 fully saturated rings. The van der Waals surface area contributed by atoms with E-state index in [1.165, 1.54) is 6.33 Å². The number of ether oxygens (including phenoxy) is 2. The third kappa shape index (κ3) is 3.55. The number of piperazine rings is 1. The van der Waals surface area contributed by atoms with Crippen LogP contribution in [0.4, 0.5) is 11.5 Å². The van der Waals surface area contributed by atoms with Crippen molar-refractivity contribution in [2.24, 2.45) is 0 Å². The molecule has 0 atom stereocenters. The van der Waals surface area contributed by atoms with E-state index in [-0.39, 0.29) is 5.91 Å². The van der Waals surface area contributed by atoms with Crippen molar-refractivity contribution in [2.75, 3.05) is 51.8 Å². The van der Waals surface area contributed by atoms with Crippen molar-refractivity contribution < 1.29 is 14.3 Å². The van der Waals surface area contributed by atoms with E-state index < -0.39 is 0 Å². The number of hydrogen-bond acceptors (Lipinski definition) is 7. The Morgan fingerprint density at radius 1 is 1.04 bits per heavy atom. The van der Waals surface area contributed by atoms with E-state index in [1.54, 1.807) is 6.07 Å². The summed E-state index contributed by atoms with van der Waals surface area (Å²) in [7, 11) is 2.06. The van der Waals surface area contributed by atoms with Crippen molar-refractivity contribution in [1.29, 1.82) is 0 Å². The summed E-state index contributed by atoms with van der Waals surface area (Å²) >= 11 is 0. The van der Waals surface area contributed by atoms with Crippen LogP contribution in [0.3, 0.4) is 0 Å². The molecule has 3 heterocycles. The van der Waals surface area contributed by atoms with Crippen molar-refractivity contribution >= 4 is 17.4 Å². The lowest BCUT2D eigenvalue weighted by Gasteiger charge is -2.32. The molecule has 2 aliphatic rings. The molecule has 8 heteroatoms. The molecule has 8 nitrogen and oxygen atoms in total. The second-order valence-electron chi connectivity index (χ2n) is 6.37. The minimum atomic E-state index is -0.0641. The highest BCUT2D eigenvalue weighted by Gasteiger charge is 2.21. The SMILES string of the molecule is CN1CCN(C(=O)c2cc(Nc3ccc4c(c3)OCCO4)ncn2)CC1. The molecular formula is C18H21N5O3. The van der Waals surface area contributed by atoms with Crippen molar-refractivity contribution in [3.05, 3.63) is 36.3 Å². The van der Waals surface area contributed by atoms with Gasteiger partial charge in [-0.15, -0.1) is 0 Å². The Morgan fingerprint density at radius 2 is 1.81 bits per heavy atom. The third-order valence-corrected chi connectivity index (χ3v) is 4.49. The van der Waals surface area contributed by atoms with Gasteiger partial charge < -0.3 is 24.6 Å². The molecule has 26 heavy (non-hydrogen) atoms. The lowest BCUT2D eigenvalue weighted by molar-refractivity contribution is 0.0658. The number of anilines is 2. The molecule has 1 amide bonds. The molecule has 0 unspecified atom stereocenters. The van der Waals surface area contributed by atoms with E-state index in [2.05, 4.69) is 27.2 Å². The summed E-state index contributed by atoms with van der Waals surface area (Å²) in [6.07, 6.45) is 1.41. The molecule has 0 spiro atoms. The predicted molar refractivity (Wildman–Crippen MR) is 96.1 cm³/mol. The Bertz CT molecular complexity index is 805. The fourth-order valence-corrected chi connectivity index (χ4v) is 2.98. The van der Waals surface area contributed by atoms with Crippen LogP contribution in [0.15, 0.2) is 30.6 Å². The van der Waals surface area contributed by atoms with E-state index in [9.17, 15) is 4.79 Å². The molecule has 2 aromatic rings. The van der Waals surface area contributed by atoms with Crippen LogP contribution in [0.25, 0.3) is 0 Å². The van der Waals surface area contributed by atoms with Crippen LogP contribution >= 0.6 is 0 Å². The van der Waals surface area contributed by atoms with Gasteiger partial charge in [-0.2, -0.15) is 0 Å². The van der Waals surface area contributed by atoms with Gasteiger partial charge in [-0.05, 0) is 19.2 Å². The minimum Gasteiger partial charge on any atom is -0.486 e. The van der Waals surface area contributed by atoms with Crippen molar-refractivity contribution in [1.82, 2.24) is 19.8 Å². The van der Waals surface area contributed by atoms with Gasteiger partial charge in [-0.1, -0.05) is 0 Å². The zero-order valence-corrected chi connectivity index (χ0v) is 14.6. The number of hydrogen-bond donors (Lipinski definition) is 1. The topological polar surface area (TPSA) is 79.8 Å². The molecule has 0 saturated carbocycles. The number of aromatic nitrogens is 2. The number of rotatable bonds is 3. The highest BCUT2D eigenvalue weighted by Crippen LogP contribution is 2.33. The fourth-order valence-electron chi connectivity index (χ4n) is 2.98. The quantitative estimate of drug-likeness (QED) is 0.891. The first-order chi connectivity index (χ1) is 12.7. The largest absolute Gasteiger partial charge is 0.486 e. The van der Waals surface area contributed by atoms with Crippen molar-refractivity contribution in [3.63, 3.8) is 0 Å². The summed E-state index contributed by atoms with van der Waals surface area (Å²) in [6.45, 7) is 4.27. The van der Waals surface area contributed by atoms with Crippen LogP contribution in [0.1, 0.15) is 10.5 Å². The Kier molecular flexibility index (Phi) is 4.57. The average molecular weight is 355 g/mol. The van der Waals surface area contributed by atoms with Crippen LogP contribution in [0.5, 0.6) is 11.5 Å². The van der Waals surface area contributed by atoms with Gasteiger partial charge in [0.05, 0.1) is 0 Å². The molecule has 0 aliphatic carbocycles. The summed E-state index contributed by atoms with van der Waals surface area (Å²) in [4.78, 5) is 25.0. The van der Waals surface area contributed by atoms with E-state index >= 15 is 0 Å². The van der Waals surface area contributed by atoms with E-state index in [1.807, 2.05) is 23.1 Å². The van der Waals surface area contributed by atoms with E-state index in [0.29, 0.717) is 43.6 Å². The van der Waals surface area contributed by atoms with Gasteiger partial charge in [-0.25, -0.2) is 9.97 Å². The van der Waals surface area contributed by atoms with E-state index in [0.717, 1.165) is 24.5 Å².